The third-order valence-corrected chi connectivity index (χ3v) is 5.26. The Morgan fingerprint density at radius 3 is 2.38 bits per heavy atom. The SMILES string of the molecule is CCCCNC(=O)[C@@H](CC)N(Cc1cccc(OC)c1)C(=O)COc1cc(C)cc(C)c1. The number of hydrogen-bond acceptors (Lipinski definition) is 4. The van der Waals surface area contributed by atoms with E-state index in [4.69, 9.17) is 9.47 Å². The maximum absolute atomic E-state index is 13.3. The Kier molecular flexibility index (Phi) is 10.1. The van der Waals surface area contributed by atoms with Gasteiger partial charge in [-0.1, -0.05) is 38.5 Å². The molecular weight excluding hydrogens is 404 g/mol. The number of carbonyl (C=O) groups is 2. The number of methoxy groups -OCH3 is 1. The van der Waals surface area contributed by atoms with Gasteiger partial charge < -0.3 is 19.7 Å². The van der Waals surface area contributed by atoms with Crippen molar-refractivity contribution in [1.82, 2.24) is 10.2 Å². The Morgan fingerprint density at radius 2 is 1.75 bits per heavy atom. The van der Waals surface area contributed by atoms with Crippen LogP contribution in [-0.2, 0) is 16.1 Å². The second kappa shape index (κ2) is 12.7. The lowest BCUT2D eigenvalue weighted by Gasteiger charge is -2.30. The Balaban J connectivity index is 2.22. The fourth-order valence-corrected chi connectivity index (χ4v) is 3.64. The summed E-state index contributed by atoms with van der Waals surface area (Å²) in [7, 11) is 1.61. The maximum atomic E-state index is 13.3. The molecule has 0 heterocycles. The molecular formula is C26H36N2O4. The van der Waals surface area contributed by atoms with E-state index >= 15 is 0 Å². The summed E-state index contributed by atoms with van der Waals surface area (Å²) in [6.07, 6.45) is 2.41. The molecule has 0 radical (unpaired) electrons. The summed E-state index contributed by atoms with van der Waals surface area (Å²) in [6.45, 7) is 8.74. The number of nitrogens with zero attached hydrogens (tertiary/aromatic N) is 1. The molecule has 2 amide bonds. The molecule has 0 spiro atoms. The van der Waals surface area contributed by atoms with Gasteiger partial charge in [0.05, 0.1) is 7.11 Å². The van der Waals surface area contributed by atoms with E-state index in [0.717, 1.165) is 29.5 Å². The zero-order chi connectivity index (χ0) is 23.5. The van der Waals surface area contributed by atoms with E-state index in [0.29, 0.717) is 31.0 Å². The zero-order valence-corrected chi connectivity index (χ0v) is 19.9. The molecule has 0 aliphatic heterocycles. The Hall–Kier alpha value is -3.02. The van der Waals surface area contributed by atoms with Gasteiger partial charge in [-0.25, -0.2) is 0 Å². The van der Waals surface area contributed by atoms with Gasteiger partial charge in [-0.2, -0.15) is 0 Å². The fourth-order valence-electron chi connectivity index (χ4n) is 3.64. The molecule has 1 atom stereocenters. The first-order valence-corrected chi connectivity index (χ1v) is 11.3. The largest absolute Gasteiger partial charge is 0.497 e. The van der Waals surface area contributed by atoms with Gasteiger partial charge in [-0.3, -0.25) is 9.59 Å². The molecule has 6 nitrogen and oxygen atoms in total. The highest BCUT2D eigenvalue weighted by molar-refractivity contribution is 5.88. The number of carbonyl (C=O) groups excluding carboxylic acids is 2. The molecule has 0 aromatic heterocycles. The van der Waals surface area contributed by atoms with Gasteiger partial charge in [0.1, 0.15) is 17.5 Å². The number of amides is 2. The van der Waals surface area contributed by atoms with E-state index < -0.39 is 6.04 Å². The summed E-state index contributed by atoms with van der Waals surface area (Å²) in [5, 5.41) is 2.97. The summed E-state index contributed by atoms with van der Waals surface area (Å²) in [6, 6.07) is 12.8. The van der Waals surface area contributed by atoms with Crippen molar-refractivity contribution in [3.05, 3.63) is 59.2 Å². The standard InChI is InChI=1S/C26H36N2O4/c1-6-8-12-27-26(30)24(7-2)28(17-21-10-9-11-22(16-21)31-5)25(29)18-32-23-14-19(3)13-20(4)15-23/h9-11,13-16,24H,6-8,12,17-18H2,1-5H3,(H,27,30)/t24-/m1/s1. The average Bonchev–Trinajstić information content (AvgIpc) is 2.77. The van der Waals surface area contributed by atoms with Crippen LogP contribution in [0.5, 0.6) is 11.5 Å². The number of aryl methyl sites for hydroxylation is 2. The molecule has 174 valence electrons. The second-order valence-electron chi connectivity index (χ2n) is 8.05. The minimum absolute atomic E-state index is 0.133. The van der Waals surface area contributed by atoms with Crippen LogP contribution in [0.15, 0.2) is 42.5 Å². The summed E-state index contributed by atoms with van der Waals surface area (Å²) < 4.78 is 11.1. The Morgan fingerprint density at radius 1 is 1.03 bits per heavy atom. The van der Waals surface area contributed by atoms with Gasteiger partial charge >= 0.3 is 0 Å². The van der Waals surface area contributed by atoms with Gasteiger partial charge in [-0.05, 0) is 67.6 Å². The zero-order valence-electron chi connectivity index (χ0n) is 19.9. The van der Waals surface area contributed by atoms with Crippen molar-refractivity contribution in [1.29, 1.82) is 0 Å². The molecule has 0 saturated carbocycles. The number of hydrogen-bond donors (Lipinski definition) is 1. The third kappa shape index (κ3) is 7.59. The predicted molar refractivity (Wildman–Crippen MR) is 127 cm³/mol. The van der Waals surface area contributed by atoms with E-state index in [9.17, 15) is 9.59 Å². The molecule has 0 saturated heterocycles. The van der Waals surface area contributed by atoms with Crippen molar-refractivity contribution in [2.24, 2.45) is 0 Å². The smallest absolute Gasteiger partial charge is 0.261 e. The van der Waals surface area contributed by atoms with Gasteiger partial charge in [0.2, 0.25) is 5.91 Å². The molecule has 0 unspecified atom stereocenters. The van der Waals surface area contributed by atoms with Gasteiger partial charge in [-0.15, -0.1) is 0 Å². The molecule has 2 rings (SSSR count). The average molecular weight is 441 g/mol. The first-order valence-electron chi connectivity index (χ1n) is 11.3. The van der Waals surface area contributed by atoms with Crippen LogP contribution in [0.2, 0.25) is 0 Å². The van der Waals surface area contributed by atoms with Gasteiger partial charge in [0, 0.05) is 13.1 Å². The second-order valence-corrected chi connectivity index (χ2v) is 8.05. The van der Waals surface area contributed by atoms with Crippen LogP contribution < -0.4 is 14.8 Å². The van der Waals surface area contributed by atoms with Crippen LogP contribution >= 0.6 is 0 Å². The van der Waals surface area contributed by atoms with E-state index in [1.54, 1.807) is 12.0 Å². The van der Waals surface area contributed by atoms with Crippen LogP contribution in [0, 0.1) is 13.8 Å². The molecule has 0 bridgehead atoms. The van der Waals surface area contributed by atoms with Gasteiger partial charge in [0.15, 0.2) is 6.61 Å². The quantitative estimate of drug-likeness (QED) is 0.496. The van der Waals surface area contributed by atoms with Gasteiger partial charge in [0.25, 0.3) is 5.91 Å². The topological polar surface area (TPSA) is 67.9 Å². The summed E-state index contributed by atoms with van der Waals surface area (Å²) in [5.74, 6) is 0.993. The van der Waals surface area contributed by atoms with Crippen LogP contribution in [0.3, 0.4) is 0 Å². The molecule has 32 heavy (non-hydrogen) atoms. The first kappa shape index (κ1) is 25.2. The molecule has 0 fully saturated rings. The van der Waals surface area contributed by atoms with Crippen molar-refractivity contribution in [2.45, 2.75) is 59.5 Å². The number of ether oxygens (including phenoxy) is 2. The van der Waals surface area contributed by atoms with Crippen molar-refractivity contribution < 1.29 is 19.1 Å². The minimum Gasteiger partial charge on any atom is -0.497 e. The van der Waals surface area contributed by atoms with Crippen LogP contribution in [0.25, 0.3) is 0 Å². The van der Waals surface area contributed by atoms with E-state index in [2.05, 4.69) is 18.3 Å². The highest BCUT2D eigenvalue weighted by atomic mass is 16.5. The minimum atomic E-state index is -0.576. The molecule has 6 heteroatoms. The van der Waals surface area contributed by atoms with Crippen molar-refractivity contribution in [2.75, 3.05) is 20.3 Å². The van der Waals surface area contributed by atoms with Crippen molar-refractivity contribution >= 4 is 11.8 Å². The maximum Gasteiger partial charge on any atom is 0.261 e. The van der Waals surface area contributed by atoms with E-state index in [1.807, 2.05) is 57.2 Å². The van der Waals surface area contributed by atoms with Crippen molar-refractivity contribution in [3.63, 3.8) is 0 Å². The molecule has 0 aliphatic rings. The third-order valence-electron chi connectivity index (χ3n) is 5.26. The molecule has 0 aliphatic carbocycles. The Labute approximate surface area is 191 Å². The highest BCUT2D eigenvalue weighted by Crippen LogP contribution is 2.19. The molecule has 1 N–H and O–H groups in total. The summed E-state index contributed by atoms with van der Waals surface area (Å²) in [4.78, 5) is 27.8. The lowest BCUT2D eigenvalue weighted by atomic mass is 10.1. The van der Waals surface area contributed by atoms with E-state index in [-0.39, 0.29) is 18.4 Å². The monoisotopic (exact) mass is 440 g/mol. The Bertz CT molecular complexity index is 877. The fraction of sp³-hybridized carbons (Fsp3) is 0.462. The number of benzene rings is 2. The summed E-state index contributed by atoms with van der Waals surface area (Å²) in [5.41, 5.74) is 3.04. The lowest BCUT2D eigenvalue weighted by Crippen LogP contribution is -2.50. The van der Waals surface area contributed by atoms with Crippen LogP contribution in [0.4, 0.5) is 0 Å². The number of rotatable bonds is 12. The van der Waals surface area contributed by atoms with Crippen molar-refractivity contribution in [3.8, 4) is 11.5 Å². The molecule has 2 aromatic carbocycles. The highest BCUT2D eigenvalue weighted by Gasteiger charge is 2.29. The normalized spacial score (nSPS) is 11.5. The summed E-state index contributed by atoms with van der Waals surface area (Å²) >= 11 is 0. The van der Waals surface area contributed by atoms with Crippen LogP contribution in [0.1, 0.15) is 49.8 Å². The molecule has 2 aromatic rings. The first-order chi connectivity index (χ1) is 15.4. The lowest BCUT2D eigenvalue weighted by molar-refractivity contribution is -0.143. The number of nitrogens with one attached hydrogen (secondary N) is 1. The van der Waals surface area contributed by atoms with E-state index in [1.165, 1.54) is 0 Å². The number of unbranched alkanes of at least 4 members (excludes halogenated alkanes) is 1. The predicted octanol–water partition coefficient (Wildman–Crippen LogP) is 4.41. The van der Waals surface area contributed by atoms with Crippen LogP contribution in [-0.4, -0.2) is 43.0 Å².